The number of hydrogen-bond donors (Lipinski definition) is 2. The van der Waals surface area contributed by atoms with Gasteiger partial charge in [-0.05, 0) is 53.6 Å². The molecule has 2 heterocycles. The van der Waals surface area contributed by atoms with Gasteiger partial charge in [0, 0.05) is 29.0 Å². The van der Waals surface area contributed by atoms with E-state index >= 15 is 0 Å². The summed E-state index contributed by atoms with van der Waals surface area (Å²) in [4.78, 5) is 17.2. The molecule has 3 aromatic carbocycles. The van der Waals surface area contributed by atoms with Gasteiger partial charge in [0.15, 0.2) is 5.82 Å². The van der Waals surface area contributed by atoms with Crippen molar-refractivity contribution in [3.63, 3.8) is 0 Å². The summed E-state index contributed by atoms with van der Waals surface area (Å²) in [5, 5.41) is 18.0. The number of hydrogen-bond acceptors (Lipinski definition) is 7. The SMILES string of the molecule is CCCNc1cc(-n2c(C)nc3cccc(C(=O)OC)c32)ccc1-c1ccccc1-c1nnn[nH]1. The summed E-state index contributed by atoms with van der Waals surface area (Å²) in [6.07, 6.45) is 0.969. The van der Waals surface area contributed by atoms with Gasteiger partial charge in [0.1, 0.15) is 5.82 Å². The Bertz CT molecular complexity index is 1510. The van der Waals surface area contributed by atoms with Gasteiger partial charge in [-0.25, -0.2) is 14.9 Å². The summed E-state index contributed by atoms with van der Waals surface area (Å²) in [6.45, 7) is 4.86. The highest BCUT2D eigenvalue weighted by Gasteiger charge is 2.20. The second-order valence-electron chi connectivity index (χ2n) is 8.11. The number of tetrazole rings is 1. The van der Waals surface area contributed by atoms with Crippen LogP contribution >= 0.6 is 0 Å². The van der Waals surface area contributed by atoms with Gasteiger partial charge >= 0.3 is 5.97 Å². The van der Waals surface area contributed by atoms with Crippen LogP contribution in [0.1, 0.15) is 29.5 Å². The summed E-state index contributed by atoms with van der Waals surface area (Å²) >= 11 is 0. The molecule has 0 fully saturated rings. The van der Waals surface area contributed by atoms with Crippen LogP contribution in [0.5, 0.6) is 0 Å². The molecule has 2 aromatic heterocycles. The highest BCUT2D eigenvalue weighted by molar-refractivity contribution is 6.03. The van der Waals surface area contributed by atoms with Crippen molar-refractivity contribution in [3.05, 3.63) is 72.1 Å². The monoisotopic (exact) mass is 467 g/mol. The number of benzene rings is 3. The average Bonchev–Trinajstić information content (AvgIpc) is 3.54. The Labute approximate surface area is 202 Å². The number of nitrogens with zero attached hydrogens (tertiary/aromatic N) is 5. The molecule has 9 nitrogen and oxygen atoms in total. The van der Waals surface area contributed by atoms with E-state index in [2.05, 4.69) is 51.1 Å². The topological polar surface area (TPSA) is 111 Å². The number of anilines is 1. The van der Waals surface area contributed by atoms with Gasteiger partial charge in [0.25, 0.3) is 0 Å². The Hall–Kier alpha value is -4.53. The van der Waals surface area contributed by atoms with Crippen LogP contribution in [0.4, 0.5) is 5.69 Å². The third kappa shape index (κ3) is 4.01. The quantitative estimate of drug-likeness (QED) is 0.331. The molecule has 0 atom stereocenters. The van der Waals surface area contributed by atoms with E-state index in [1.54, 1.807) is 6.07 Å². The van der Waals surface area contributed by atoms with Crippen LogP contribution < -0.4 is 5.32 Å². The van der Waals surface area contributed by atoms with Crippen molar-refractivity contribution in [1.29, 1.82) is 0 Å². The number of aryl methyl sites for hydroxylation is 1. The Morgan fingerprint density at radius 3 is 2.63 bits per heavy atom. The van der Waals surface area contributed by atoms with Crippen molar-refractivity contribution in [2.75, 3.05) is 19.0 Å². The minimum absolute atomic E-state index is 0.396. The van der Waals surface area contributed by atoms with E-state index in [1.165, 1.54) is 7.11 Å². The van der Waals surface area contributed by atoms with E-state index in [0.717, 1.165) is 57.9 Å². The standard InChI is InChI=1S/C26H25N7O2/c1-4-14-27-23-15-17(33-16(2)28-22-11-7-10-21(24(22)33)26(34)35-3)12-13-19(23)18-8-5-6-9-20(18)25-29-31-32-30-25/h5-13,15,27H,4,14H2,1-3H3,(H,29,30,31,32). The Kier molecular flexibility index (Phi) is 5.97. The van der Waals surface area contributed by atoms with E-state index in [0.29, 0.717) is 11.4 Å². The summed E-state index contributed by atoms with van der Waals surface area (Å²) in [7, 11) is 1.39. The second-order valence-corrected chi connectivity index (χ2v) is 8.11. The van der Waals surface area contributed by atoms with Crippen molar-refractivity contribution < 1.29 is 9.53 Å². The van der Waals surface area contributed by atoms with E-state index in [9.17, 15) is 4.79 Å². The molecule has 0 aliphatic rings. The largest absolute Gasteiger partial charge is 0.465 e. The first-order valence-electron chi connectivity index (χ1n) is 11.4. The van der Waals surface area contributed by atoms with E-state index in [1.807, 2.05) is 47.9 Å². The number of carbonyl (C=O) groups excluding carboxylic acids is 1. The first-order chi connectivity index (χ1) is 17.1. The molecule has 0 aliphatic heterocycles. The van der Waals surface area contributed by atoms with Crippen LogP contribution in [0, 0.1) is 6.92 Å². The fourth-order valence-electron chi connectivity index (χ4n) is 4.34. The van der Waals surface area contributed by atoms with Gasteiger partial charge in [0.2, 0.25) is 0 Å². The van der Waals surface area contributed by atoms with Gasteiger partial charge in [-0.3, -0.25) is 4.57 Å². The molecule has 0 unspecified atom stereocenters. The molecule has 0 saturated carbocycles. The lowest BCUT2D eigenvalue weighted by Gasteiger charge is -2.17. The summed E-state index contributed by atoms with van der Waals surface area (Å²) in [5.41, 5.74) is 6.70. The molecule has 9 heteroatoms. The Morgan fingerprint density at radius 1 is 1.06 bits per heavy atom. The van der Waals surface area contributed by atoms with Crippen molar-refractivity contribution in [2.45, 2.75) is 20.3 Å². The molecule has 0 aliphatic carbocycles. The van der Waals surface area contributed by atoms with E-state index < -0.39 is 5.97 Å². The lowest BCUT2D eigenvalue weighted by Crippen LogP contribution is -2.07. The number of fused-ring (bicyclic) bond motifs is 1. The summed E-state index contributed by atoms with van der Waals surface area (Å²) in [6, 6.07) is 19.7. The second kappa shape index (κ2) is 9.38. The van der Waals surface area contributed by atoms with Crippen LogP contribution in [0.2, 0.25) is 0 Å². The molecule has 176 valence electrons. The van der Waals surface area contributed by atoms with Crippen LogP contribution in [-0.2, 0) is 4.74 Å². The molecule has 2 N–H and O–H groups in total. The molecule has 0 saturated heterocycles. The lowest BCUT2D eigenvalue weighted by molar-refractivity contribution is 0.0602. The first-order valence-corrected chi connectivity index (χ1v) is 11.4. The van der Waals surface area contributed by atoms with Crippen LogP contribution in [-0.4, -0.2) is 49.8 Å². The summed E-state index contributed by atoms with van der Waals surface area (Å²) in [5.74, 6) is 0.983. The zero-order valence-electron chi connectivity index (χ0n) is 19.7. The van der Waals surface area contributed by atoms with Gasteiger partial charge in [-0.1, -0.05) is 43.3 Å². The lowest BCUT2D eigenvalue weighted by atomic mass is 9.97. The number of aromatic nitrogens is 6. The maximum atomic E-state index is 12.5. The number of aromatic amines is 1. The number of para-hydroxylation sites is 1. The number of carbonyl (C=O) groups is 1. The number of ether oxygens (including phenoxy) is 1. The summed E-state index contributed by atoms with van der Waals surface area (Å²) < 4.78 is 7.03. The van der Waals surface area contributed by atoms with Crippen molar-refractivity contribution in [1.82, 2.24) is 30.2 Å². The number of H-pyrrole nitrogens is 1. The van der Waals surface area contributed by atoms with Crippen molar-refractivity contribution in [3.8, 4) is 28.2 Å². The molecule has 5 aromatic rings. The van der Waals surface area contributed by atoms with E-state index in [-0.39, 0.29) is 0 Å². The van der Waals surface area contributed by atoms with Crippen LogP contribution in [0.25, 0.3) is 39.2 Å². The minimum Gasteiger partial charge on any atom is -0.465 e. The maximum absolute atomic E-state index is 12.5. The number of nitrogens with one attached hydrogen (secondary N) is 2. The fraction of sp³-hybridized carbons (Fsp3) is 0.192. The van der Waals surface area contributed by atoms with Crippen molar-refractivity contribution in [2.24, 2.45) is 0 Å². The molecule has 0 amide bonds. The van der Waals surface area contributed by atoms with Gasteiger partial charge in [-0.15, -0.1) is 5.10 Å². The molecule has 35 heavy (non-hydrogen) atoms. The zero-order valence-corrected chi connectivity index (χ0v) is 19.7. The number of rotatable bonds is 7. The van der Waals surface area contributed by atoms with Crippen molar-refractivity contribution >= 4 is 22.7 Å². The van der Waals surface area contributed by atoms with E-state index in [4.69, 9.17) is 9.72 Å². The molecule has 0 spiro atoms. The average molecular weight is 468 g/mol. The number of esters is 1. The molecule has 5 rings (SSSR count). The molecule has 0 bridgehead atoms. The highest BCUT2D eigenvalue weighted by Crippen LogP contribution is 2.37. The predicted molar refractivity (Wildman–Crippen MR) is 135 cm³/mol. The van der Waals surface area contributed by atoms with Crippen LogP contribution in [0.3, 0.4) is 0 Å². The van der Waals surface area contributed by atoms with Gasteiger partial charge in [-0.2, -0.15) is 0 Å². The maximum Gasteiger partial charge on any atom is 0.340 e. The molecule has 0 radical (unpaired) electrons. The van der Waals surface area contributed by atoms with Gasteiger partial charge < -0.3 is 10.1 Å². The highest BCUT2D eigenvalue weighted by atomic mass is 16.5. The third-order valence-corrected chi connectivity index (χ3v) is 5.89. The van der Waals surface area contributed by atoms with Gasteiger partial charge in [0.05, 0.1) is 23.7 Å². The predicted octanol–water partition coefficient (Wildman–Crippen LogP) is 4.79. The number of methoxy groups -OCH3 is 1. The zero-order chi connectivity index (χ0) is 24.4. The van der Waals surface area contributed by atoms with Crippen LogP contribution in [0.15, 0.2) is 60.7 Å². The third-order valence-electron chi connectivity index (χ3n) is 5.89. The Balaban J connectivity index is 1.71. The first kappa shape index (κ1) is 22.3. The Morgan fingerprint density at radius 2 is 1.89 bits per heavy atom. The molecular weight excluding hydrogens is 442 g/mol. The minimum atomic E-state index is -0.396. The number of imidazole rings is 1. The normalized spacial score (nSPS) is 11.1. The smallest absolute Gasteiger partial charge is 0.340 e. The fourth-order valence-corrected chi connectivity index (χ4v) is 4.34. The molecular formula is C26H25N7O2.